The Morgan fingerprint density at radius 2 is 2.18 bits per heavy atom. The summed E-state index contributed by atoms with van der Waals surface area (Å²) in [5.74, 6) is 0.345. The van der Waals surface area contributed by atoms with E-state index < -0.39 is 10.2 Å². The molecule has 1 heterocycles. The molecular formula is C5H13N3O2S. The molecule has 0 radical (unpaired) electrons. The van der Waals surface area contributed by atoms with Crippen LogP contribution in [-0.2, 0) is 10.2 Å². The second-order valence-corrected chi connectivity index (χ2v) is 4.50. The van der Waals surface area contributed by atoms with E-state index in [4.69, 9.17) is 5.73 Å². The Labute approximate surface area is 66.7 Å². The van der Waals surface area contributed by atoms with E-state index in [0.717, 1.165) is 0 Å². The van der Waals surface area contributed by atoms with Crippen LogP contribution in [0.2, 0.25) is 0 Å². The van der Waals surface area contributed by atoms with Crippen molar-refractivity contribution in [3.8, 4) is 0 Å². The van der Waals surface area contributed by atoms with Crippen molar-refractivity contribution in [3.63, 3.8) is 0 Å². The predicted molar refractivity (Wildman–Crippen MR) is 42.1 cm³/mol. The van der Waals surface area contributed by atoms with Crippen molar-refractivity contribution < 1.29 is 8.42 Å². The van der Waals surface area contributed by atoms with Gasteiger partial charge in [0.15, 0.2) is 0 Å². The first kappa shape index (κ1) is 8.92. The quantitative estimate of drug-likeness (QED) is 0.544. The van der Waals surface area contributed by atoms with Gasteiger partial charge < -0.3 is 5.73 Å². The van der Waals surface area contributed by atoms with Gasteiger partial charge in [0.2, 0.25) is 0 Å². The summed E-state index contributed by atoms with van der Waals surface area (Å²) in [5, 5.41) is 0. The van der Waals surface area contributed by atoms with Crippen molar-refractivity contribution in [1.29, 1.82) is 0 Å². The van der Waals surface area contributed by atoms with Crippen molar-refractivity contribution in [2.75, 3.05) is 26.7 Å². The van der Waals surface area contributed by atoms with E-state index in [1.165, 1.54) is 11.4 Å². The average Bonchev–Trinajstić information content (AvgIpc) is 1.85. The zero-order valence-electron chi connectivity index (χ0n) is 6.45. The number of rotatable bonds is 3. The Hall–Kier alpha value is -0.170. The highest BCUT2D eigenvalue weighted by Crippen LogP contribution is 2.16. The molecule has 1 aliphatic rings. The molecular weight excluding hydrogens is 166 g/mol. The van der Waals surface area contributed by atoms with Crippen molar-refractivity contribution in [3.05, 3.63) is 0 Å². The molecule has 0 aromatic carbocycles. The summed E-state index contributed by atoms with van der Waals surface area (Å²) >= 11 is 0. The fourth-order valence-electron chi connectivity index (χ4n) is 0.997. The van der Waals surface area contributed by atoms with Gasteiger partial charge in [-0.2, -0.15) is 12.7 Å². The molecule has 0 aromatic heterocycles. The van der Waals surface area contributed by atoms with Gasteiger partial charge in [-0.3, -0.25) is 0 Å². The maximum atomic E-state index is 11.0. The van der Waals surface area contributed by atoms with Crippen LogP contribution >= 0.6 is 0 Å². The van der Waals surface area contributed by atoms with Crippen LogP contribution in [0.15, 0.2) is 0 Å². The summed E-state index contributed by atoms with van der Waals surface area (Å²) in [6, 6.07) is 0. The topological polar surface area (TPSA) is 75.4 Å². The minimum Gasteiger partial charge on any atom is -0.330 e. The minimum atomic E-state index is -3.18. The first-order valence-corrected chi connectivity index (χ1v) is 4.93. The first-order valence-electron chi connectivity index (χ1n) is 3.49. The molecule has 0 atom stereocenters. The minimum absolute atomic E-state index is 0.345. The Morgan fingerprint density at radius 3 is 2.55 bits per heavy atom. The summed E-state index contributed by atoms with van der Waals surface area (Å²) in [6.07, 6.45) is 0. The van der Waals surface area contributed by atoms with Gasteiger partial charge in [0.1, 0.15) is 0 Å². The fourth-order valence-corrected chi connectivity index (χ4v) is 2.07. The van der Waals surface area contributed by atoms with Gasteiger partial charge in [-0.15, -0.1) is 0 Å². The SMILES string of the molecule is CNS(=O)(=O)N1CC(CN)C1. The van der Waals surface area contributed by atoms with Gasteiger partial charge in [-0.25, -0.2) is 4.72 Å². The molecule has 11 heavy (non-hydrogen) atoms. The summed E-state index contributed by atoms with van der Waals surface area (Å²) in [7, 11) is -1.77. The third-order valence-electron chi connectivity index (χ3n) is 1.85. The molecule has 66 valence electrons. The molecule has 0 aliphatic carbocycles. The lowest BCUT2D eigenvalue weighted by Crippen LogP contribution is -2.55. The van der Waals surface area contributed by atoms with Gasteiger partial charge in [0, 0.05) is 20.1 Å². The van der Waals surface area contributed by atoms with Crippen LogP contribution in [0.25, 0.3) is 0 Å². The Kier molecular flexibility index (Phi) is 2.48. The van der Waals surface area contributed by atoms with E-state index in [0.29, 0.717) is 25.6 Å². The molecule has 0 aromatic rings. The predicted octanol–water partition coefficient (Wildman–Crippen LogP) is -1.66. The molecule has 1 aliphatic heterocycles. The molecule has 0 unspecified atom stereocenters. The van der Waals surface area contributed by atoms with Crippen molar-refractivity contribution in [2.45, 2.75) is 0 Å². The highest BCUT2D eigenvalue weighted by atomic mass is 32.2. The number of nitrogens with zero attached hydrogens (tertiary/aromatic N) is 1. The van der Waals surface area contributed by atoms with Gasteiger partial charge in [0.25, 0.3) is 10.2 Å². The Morgan fingerprint density at radius 1 is 1.64 bits per heavy atom. The molecule has 1 rings (SSSR count). The maximum absolute atomic E-state index is 11.0. The van der Waals surface area contributed by atoms with Crippen LogP contribution in [0, 0.1) is 5.92 Å². The second kappa shape index (κ2) is 3.06. The molecule has 0 amide bonds. The van der Waals surface area contributed by atoms with Crippen LogP contribution in [-0.4, -0.2) is 39.4 Å². The van der Waals surface area contributed by atoms with Gasteiger partial charge in [-0.05, 0) is 12.5 Å². The molecule has 0 saturated carbocycles. The van der Waals surface area contributed by atoms with E-state index in [1.54, 1.807) is 0 Å². The fraction of sp³-hybridized carbons (Fsp3) is 1.00. The molecule has 0 bridgehead atoms. The summed E-state index contributed by atoms with van der Waals surface area (Å²) in [6.45, 7) is 1.68. The number of hydrogen-bond acceptors (Lipinski definition) is 3. The molecule has 1 fully saturated rings. The second-order valence-electron chi connectivity index (χ2n) is 2.63. The standard InChI is InChI=1S/C5H13N3O2S/c1-7-11(9,10)8-3-5(2-6)4-8/h5,7H,2-4,6H2,1H3. The van der Waals surface area contributed by atoms with E-state index in [2.05, 4.69) is 4.72 Å². The molecule has 5 nitrogen and oxygen atoms in total. The summed E-state index contributed by atoms with van der Waals surface area (Å²) in [4.78, 5) is 0. The van der Waals surface area contributed by atoms with E-state index in [9.17, 15) is 8.42 Å². The summed E-state index contributed by atoms with van der Waals surface area (Å²) < 4.78 is 25.7. The largest absolute Gasteiger partial charge is 0.330 e. The van der Waals surface area contributed by atoms with E-state index in [1.807, 2.05) is 0 Å². The third kappa shape index (κ3) is 1.70. The Balaban J connectivity index is 2.44. The zero-order valence-corrected chi connectivity index (χ0v) is 7.26. The molecule has 3 N–H and O–H groups in total. The van der Waals surface area contributed by atoms with Crippen molar-refractivity contribution >= 4 is 10.2 Å². The molecule has 6 heteroatoms. The highest BCUT2D eigenvalue weighted by Gasteiger charge is 2.33. The lowest BCUT2D eigenvalue weighted by atomic mass is 10.0. The number of hydrogen-bond donors (Lipinski definition) is 2. The normalized spacial score (nSPS) is 21.6. The lowest BCUT2D eigenvalue weighted by molar-refractivity contribution is 0.205. The number of nitrogens with one attached hydrogen (secondary N) is 1. The van der Waals surface area contributed by atoms with Crippen LogP contribution < -0.4 is 10.5 Å². The maximum Gasteiger partial charge on any atom is 0.279 e. The van der Waals surface area contributed by atoms with E-state index in [-0.39, 0.29) is 0 Å². The number of nitrogens with two attached hydrogens (primary N) is 1. The van der Waals surface area contributed by atoms with Crippen LogP contribution in [0.4, 0.5) is 0 Å². The smallest absolute Gasteiger partial charge is 0.279 e. The first-order chi connectivity index (χ1) is 5.10. The van der Waals surface area contributed by atoms with Gasteiger partial charge in [-0.1, -0.05) is 0 Å². The van der Waals surface area contributed by atoms with Gasteiger partial charge in [0.05, 0.1) is 0 Å². The highest BCUT2D eigenvalue weighted by molar-refractivity contribution is 7.87. The van der Waals surface area contributed by atoms with Crippen LogP contribution in [0.1, 0.15) is 0 Å². The molecule has 0 spiro atoms. The third-order valence-corrected chi connectivity index (χ3v) is 3.35. The Bertz CT molecular complexity index is 220. The van der Waals surface area contributed by atoms with Gasteiger partial charge >= 0.3 is 0 Å². The average molecular weight is 179 g/mol. The lowest BCUT2D eigenvalue weighted by Gasteiger charge is -2.36. The van der Waals surface area contributed by atoms with Crippen LogP contribution in [0.3, 0.4) is 0 Å². The summed E-state index contributed by atoms with van der Waals surface area (Å²) in [5.41, 5.74) is 5.34. The van der Waals surface area contributed by atoms with E-state index >= 15 is 0 Å². The van der Waals surface area contributed by atoms with Crippen LogP contribution in [0.5, 0.6) is 0 Å². The monoisotopic (exact) mass is 179 g/mol. The molecule has 1 saturated heterocycles. The van der Waals surface area contributed by atoms with Crippen molar-refractivity contribution in [1.82, 2.24) is 9.03 Å². The van der Waals surface area contributed by atoms with Crippen molar-refractivity contribution in [2.24, 2.45) is 11.7 Å². The zero-order chi connectivity index (χ0) is 8.48.